The van der Waals surface area contributed by atoms with Crippen LogP contribution < -0.4 is 10.6 Å². The highest BCUT2D eigenvalue weighted by Gasteiger charge is 2.10. The van der Waals surface area contributed by atoms with Gasteiger partial charge in [0.05, 0.1) is 5.56 Å². The van der Waals surface area contributed by atoms with E-state index in [0.717, 1.165) is 29.8 Å². The third-order valence-electron chi connectivity index (χ3n) is 3.74. The van der Waals surface area contributed by atoms with Crippen molar-refractivity contribution in [1.29, 1.82) is 0 Å². The van der Waals surface area contributed by atoms with E-state index in [9.17, 15) is 13.6 Å². The van der Waals surface area contributed by atoms with Crippen LogP contribution in [0.4, 0.5) is 26.1 Å². The third kappa shape index (κ3) is 4.00. The number of carbonyl (C=O) groups excluding carboxylic acids is 1. The molecule has 132 valence electrons. The second-order valence-corrected chi connectivity index (χ2v) is 5.51. The molecule has 3 aromatic rings. The molecule has 1 amide bonds. The molecule has 0 aliphatic rings. The van der Waals surface area contributed by atoms with Crippen molar-refractivity contribution in [3.63, 3.8) is 0 Å². The first-order valence-corrected chi connectivity index (χ1v) is 8.00. The van der Waals surface area contributed by atoms with Crippen molar-refractivity contribution in [2.75, 3.05) is 10.6 Å². The van der Waals surface area contributed by atoms with Crippen molar-refractivity contribution >= 4 is 23.2 Å². The topological polar surface area (TPSA) is 66.9 Å². The van der Waals surface area contributed by atoms with Crippen LogP contribution in [0.15, 0.2) is 54.9 Å². The average Bonchev–Trinajstić information content (AvgIpc) is 2.66. The zero-order valence-electron chi connectivity index (χ0n) is 14.0. The van der Waals surface area contributed by atoms with Crippen molar-refractivity contribution in [3.8, 4) is 0 Å². The van der Waals surface area contributed by atoms with Gasteiger partial charge in [0, 0.05) is 29.8 Å². The minimum absolute atomic E-state index is 0.168. The van der Waals surface area contributed by atoms with E-state index in [4.69, 9.17) is 0 Å². The van der Waals surface area contributed by atoms with Gasteiger partial charge in [0.15, 0.2) is 11.6 Å². The second kappa shape index (κ2) is 7.69. The van der Waals surface area contributed by atoms with Crippen molar-refractivity contribution in [3.05, 3.63) is 77.6 Å². The maximum atomic E-state index is 13.2. The largest absolute Gasteiger partial charge is 0.324 e. The molecule has 1 aromatic heterocycles. The van der Waals surface area contributed by atoms with Gasteiger partial charge < -0.3 is 10.6 Å². The lowest BCUT2D eigenvalue weighted by molar-refractivity contribution is 0.102. The Hall–Kier alpha value is -3.35. The molecule has 0 fully saturated rings. The summed E-state index contributed by atoms with van der Waals surface area (Å²) in [5.74, 6) is -2.07. The lowest BCUT2D eigenvalue weighted by atomic mass is 10.1. The van der Waals surface area contributed by atoms with E-state index in [-0.39, 0.29) is 17.4 Å². The number of rotatable bonds is 5. The van der Waals surface area contributed by atoms with Gasteiger partial charge in [-0.3, -0.25) is 4.79 Å². The molecule has 0 atom stereocenters. The molecule has 0 spiro atoms. The molecule has 7 heteroatoms. The maximum Gasteiger partial charge on any atom is 0.258 e. The predicted octanol–water partition coefficient (Wildman–Crippen LogP) is 4.31. The Morgan fingerprint density at radius 2 is 1.77 bits per heavy atom. The lowest BCUT2D eigenvalue weighted by Crippen LogP contribution is -2.14. The number of hydrogen-bond acceptors (Lipinski definition) is 4. The number of nitrogens with one attached hydrogen (secondary N) is 2. The molecule has 2 aromatic carbocycles. The average molecular weight is 354 g/mol. The number of para-hydroxylation sites is 1. The fourth-order valence-electron chi connectivity index (χ4n) is 2.36. The summed E-state index contributed by atoms with van der Waals surface area (Å²) in [7, 11) is 0. The van der Waals surface area contributed by atoms with E-state index < -0.39 is 11.6 Å². The smallest absolute Gasteiger partial charge is 0.258 e. The number of aryl methyl sites for hydroxylation is 1. The van der Waals surface area contributed by atoms with Gasteiger partial charge in [-0.2, -0.15) is 0 Å². The monoisotopic (exact) mass is 354 g/mol. The Morgan fingerprint density at radius 3 is 2.46 bits per heavy atom. The molecule has 1 heterocycles. The summed E-state index contributed by atoms with van der Waals surface area (Å²) in [4.78, 5) is 20.4. The highest BCUT2D eigenvalue weighted by atomic mass is 19.2. The Kier molecular flexibility index (Phi) is 5.17. The van der Waals surface area contributed by atoms with Gasteiger partial charge in [-0.05, 0) is 30.2 Å². The summed E-state index contributed by atoms with van der Waals surface area (Å²) in [5.41, 5.74) is 2.35. The number of halogens is 2. The van der Waals surface area contributed by atoms with Crippen LogP contribution in [0.3, 0.4) is 0 Å². The highest BCUT2D eigenvalue weighted by Crippen LogP contribution is 2.18. The normalized spacial score (nSPS) is 10.4. The molecule has 0 radical (unpaired) electrons. The summed E-state index contributed by atoms with van der Waals surface area (Å²) in [6, 6.07) is 10.9. The fraction of sp³-hybridized carbons (Fsp3) is 0.105. The summed E-state index contributed by atoms with van der Waals surface area (Å²) < 4.78 is 26.1. The number of anilines is 3. The highest BCUT2D eigenvalue weighted by molar-refractivity contribution is 6.04. The van der Waals surface area contributed by atoms with E-state index in [1.54, 1.807) is 0 Å². The first-order chi connectivity index (χ1) is 12.6. The summed E-state index contributed by atoms with van der Waals surface area (Å²) in [6.07, 6.45) is 3.52. The minimum Gasteiger partial charge on any atom is -0.324 e. The van der Waals surface area contributed by atoms with Crippen LogP contribution in [0.5, 0.6) is 0 Å². The number of benzene rings is 2. The van der Waals surface area contributed by atoms with Crippen LogP contribution >= 0.6 is 0 Å². The zero-order chi connectivity index (χ0) is 18.5. The Bertz CT molecular complexity index is 929. The predicted molar refractivity (Wildman–Crippen MR) is 95.4 cm³/mol. The second-order valence-electron chi connectivity index (χ2n) is 5.51. The summed E-state index contributed by atoms with van der Waals surface area (Å²) in [5, 5.41) is 5.58. The zero-order valence-corrected chi connectivity index (χ0v) is 14.0. The van der Waals surface area contributed by atoms with E-state index in [0.29, 0.717) is 5.69 Å². The van der Waals surface area contributed by atoms with Crippen molar-refractivity contribution in [1.82, 2.24) is 9.97 Å². The molecule has 2 N–H and O–H groups in total. The van der Waals surface area contributed by atoms with Gasteiger partial charge >= 0.3 is 0 Å². The minimum atomic E-state index is -0.972. The molecular weight excluding hydrogens is 338 g/mol. The number of nitrogens with zero attached hydrogens (tertiary/aromatic N) is 2. The molecule has 5 nitrogen and oxygen atoms in total. The van der Waals surface area contributed by atoms with E-state index in [1.807, 2.05) is 31.2 Å². The van der Waals surface area contributed by atoms with Crippen LogP contribution in [-0.4, -0.2) is 15.9 Å². The number of aromatic nitrogens is 2. The van der Waals surface area contributed by atoms with Crippen LogP contribution in [0.2, 0.25) is 0 Å². The molecule has 0 bridgehead atoms. The molecule has 0 aliphatic heterocycles. The third-order valence-corrected chi connectivity index (χ3v) is 3.74. The van der Waals surface area contributed by atoms with Gasteiger partial charge in [-0.1, -0.05) is 25.1 Å². The van der Waals surface area contributed by atoms with Gasteiger partial charge in [-0.25, -0.2) is 18.7 Å². The van der Waals surface area contributed by atoms with Gasteiger partial charge in [-0.15, -0.1) is 0 Å². The fourth-order valence-corrected chi connectivity index (χ4v) is 2.36. The van der Waals surface area contributed by atoms with Crippen LogP contribution in [0.1, 0.15) is 22.8 Å². The van der Waals surface area contributed by atoms with Gasteiger partial charge in [0.25, 0.3) is 5.91 Å². The van der Waals surface area contributed by atoms with E-state index in [2.05, 4.69) is 20.6 Å². The first-order valence-electron chi connectivity index (χ1n) is 8.00. The number of carbonyl (C=O) groups is 1. The first kappa shape index (κ1) is 17.5. The molecule has 0 aliphatic carbocycles. The Labute approximate surface area is 149 Å². The van der Waals surface area contributed by atoms with Crippen molar-refractivity contribution in [2.45, 2.75) is 13.3 Å². The number of amides is 1. The van der Waals surface area contributed by atoms with E-state index in [1.165, 1.54) is 18.5 Å². The van der Waals surface area contributed by atoms with Crippen LogP contribution in [-0.2, 0) is 6.42 Å². The van der Waals surface area contributed by atoms with Crippen LogP contribution in [0.25, 0.3) is 0 Å². The maximum absolute atomic E-state index is 13.2. The van der Waals surface area contributed by atoms with Gasteiger partial charge in [0.2, 0.25) is 5.95 Å². The standard InChI is InChI=1S/C19H16F2N4O/c1-2-12-5-3-4-6-17(12)25-18(26)13-10-22-19(23-11-13)24-14-7-8-15(20)16(21)9-14/h3-11H,2H2,1H3,(H,25,26)(H,22,23,24). The molecular formula is C19H16F2N4O. The molecule has 0 saturated carbocycles. The quantitative estimate of drug-likeness (QED) is 0.716. The Balaban J connectivity index is 1.70. The molecule has 3 rings (SSSR count). The molecule has 0 unspecified atom stereocenters. The summed E-state index contributed by atoms with van der Waals surface area (Å²) >= 11 is 0. The molecule has 0 saturated heterocycles. The summed E-state index contributed by atoms with van der Waals surface area (Å²) in [6.45, 7) is 2.01. The lowest BCUT2D eigenvalue weighted by Gasteiger charge is -2.10. The van der Waals surface area contributed by atoms with Gasteiger partial charge in [0.1, 0.15) is 0 Å². The van der Waals surface area contributed by atoms with Crippen molar-refractivity contribution in [2.24, 2.45) is 0 Å². The molecule has 26 heavy (non-hydrogen) atoms. The Morgan fingerprint density at radius 1 is 1.04 bits per heavy atom. The van der Waals surface area contributed by atoms with E-state index >= 15 is 0 Å². The number of hydrogen-bond donors (Lipinski definition) is 2. The van der Waals surface area contributed by atoms with Crippen LogP contribution in [0, 0.1) is 11.6 Å². The SMILES string of the molecule is CCc1ccccc1NC(=O)c1cnc(Nc2ccc(F)c(F)c2)nc1. The van der Waals surface area contributed by atoms with Crippen molar-refractivity contribution < 1.29 is 13.6 Å².